The Labute approximate surface area is 106 Å². The first-order valence-corrected chi connectivity index (χ1v) is 5.84. The average molecular weight is 261 g/mol. The first-order chi connectivity index (χ1) is 8.34. The van der Waals surface area contributed by atoms with E-state index in [-0.39, 0.29) is 6.61 Å². The van der Waals surface area contributed by atoms with E-state index in [1.165, 1.54) is 4.90 Å². The minimum Gasteiger partial charge on any atom is -0.440 e. The van der Waals surface area contributed by atoms with Gasteiger partial charge in [-0.15, -0.1) is 0 Å². The van der Waals surface area contributed by atoms with Crippen molar-refractivity contribution in [3.05, 3.63) is 0 Å². The van der Waals surface area contributed by atoms with Gasteiger partial charge < -0.3 is 29.0 Å². The minimum absolute atomic E-state index is 0.258. The number of hydrogen-bond donors (Lipinski definition) is 1. The Kier molecular flexibility index (Phi) is 3.50. The summed E-state index contributed by atoms with van der Waals surface area (Å²) in [7, 11) is 3.17. The third-order valence-electron chi connectivity index (χ3n) is 2.87. The molecule has 0 bridgehead atoms. The van der Waals surface area contributed by atoms with Crippen LogP contribution < -0.4 is 0 Å². The number of ether oxygens (including phenoxy) is 4. The highest BCUT2D eigenvalue weighted by molar-refractivity contribution is 5.67. The lowest BCUT2D eigenvalue weighted by Gasteiger charge is -2.25. The average Bonchev–Trinajstić information content (AvgIpc) is 2.71. The molecule has 18 heavy (non-hydrogen) atoms. The topological polar surface area (TPSA) is 77.5 Å². The molecule has 2 heterocycles. The third kappa shape index (κ3) is 2.44. The number of carbonyl (C=O) groups is 1. The molecule has 2 aliphatic heterocycles. The Morgan fingerprint density at radius 2 is 2.06 bits per heavy atom. The number of amides is 1. The molecule has 0 aromatic heterocycles. The van der Waals surface area contributed by atoms with E-state index in [1.54, 1.807) is 27.9 Å². The Hall–Kier alpha value is -0.890. The molecule has 4 atom stereocenters. The van der Waals surface area contributed by atoms with Crippen LogP contribution in [0.5, 0.6) is 0 Å². The Morgan fingerprint density at radius 1 is 1.39 bits per heavy atom. The predicted molar refractivity (Wildman–Crippen MR) is 59.7 cm³/mol. The molecule has 2 saturated heterocycles. The number of nitrogens with zero attached hydrogens (tertiary/aromatic N) is 1. The molecular weight excluding hydrogens is 242 g/mol. The van der Waals surface area contributed by atoms with Gasteiger partial charge in [-0.3, -0.25) is 0 Å². The van der Waals surface area contributed by atoms with Gasteiger partial charge in [-0.05, 0) is 13.8 Å². The van der Waals surface area contributed by atoms with Gasteiger partial charge in [-0.1, -0.05) is 0 Å². The molecule has 0 saturated carbocycles. The first kappa shape index (κ1) is 13.5. The lowest BCUT2D eigenvalue weighted by atomic mass is 10.1. The summed E-state index contributed by atoms with van der Waals surface area (Å²) in [6.07, 6.45) is -2.93. The van der Waals surface area contributed by atoms with Crippen LogP contribution in [0.2, 0.25) is 0 Å². The van der Waals surface area contributed by atoms with Crippen LogP contribution in [0.1, 0.15) is 13.8 Å². The fourth-order valence-corrected chi connectivity index (χ4v) is 2.06. The molecule has 0 unspecified atom stereocenters. The van der Waals surface area contributed by atoms with Crippen LogP contribution >= 0.6 is 0 Å². The fraction of sp³-hybridized carbons (Fsp3) is 0.909. The molecule has 2 fully saturated rings. The lowest BCUT2D eigenvalue weighted by molar-refractivity contribution is -0.218. The van der Waals surface area contributed by atoms with E-state index in [4.69, 9.17) is 18.9 Å². The molecule has 1 amide bonds. The van der Waals surface area contributed by atoms with Crippen molar-refractivity contribution in [1.82, 2.24) is 4.90 Å². The second-order valence-corrected chi connectivity index (χ2v) is 5.07. The standard InChI is InChI=1S/C11H19NO6/c1-11(2)17-8-7(16-10(14)12(3)4)6(5-13)15-9(8)18-11/h6-9,13H,5H2,1-4H3/t6-,7+,8-,9-/m1/s1. The first-order valence-electron chi connectivity index (χ1n) is 5.84. The Morgan fingerprint density at radius 3 is 2.61 bits per heavy atom. The number of rotatable bonds is 2. The maximum Gasteiger partial charge on any atom is 0.409 e. The molecule has 2 rings (SSSR count). The van der Waals surface area contributed by atoms with Crippen molar-refractivity contribution >= 4 is 6.09 Å². The molecule has 1 N–H and O–H groups in total. The molecule has 104 valence electrons. The number of aliphatic hydroxyl groups is 1. The van der Waals surface area contributed by atoms with Crippen LogP contribution in [0.15, 0.2) is 0 Å². The summed E-state index contributed by atoms with van der Waals surface area (Å²) in [6, 6.07) is 0. The van der Waals surface area contributed by atoms with Gasteiger partial charge in [0.1, 0.15) is 6.10 Å². The lowest BCUT2D eigenvalue weighted by Crippen LogP contribution is -2.42. The van der Waals surface area contributed by atoms with Crippen molar-refractivity contribution in [3.8, 4) is 0 Å². The molecule has 0 aliphatic carbocycles. The smallest absolute Gasteiger partial charge is 0.409 e. The van der Waals surface area contributed by atoms with E-state index >= 15 is 0 Å². The van der Waals surface area contributed by atoms with E-state index in [1.807, 2.05) is 0 Å². The molecule has 0 radical (unpaired) electrons. The SMILES string of the molecule is CN(C)C(=O)O[C@@H]1[C@H]2OC(C)(C)O[C@H]2O[C@@H]1CO. The Balaban J connectivity index is 2.08. The summed E-state index contributed by atoms with van der Waals surface area (Å²) >= 11 is 0. The predicted octanol–water partition coefficient (Wildman–Crippen LogP) is -0.0781. The zero-order valence-corrected chi connectivity index (χ0v) is 11.0. The Bertz CT molecular complexity index is 331. The van der Waals surface area contributed by atoms with Gasteiger partial charge in [0.05, 0.1) is 6.61 Å². The van der Waals surface area contributed by atoms with Crippen molar-refractivity contribution in [2.24, 2.45) is 0 Å². The quantitative estimate of drug-likeness (QED) is 0.749. The number of fused-ring (bicyclic) bond motifs is 1. The molecule has 2 aliphatic rings. The van der Waals surface area contributed by atoms with Crippen molar-refractivity contribution in [2.45, 2.75) is 44.2 Å². The van der Waals surface area contributed by atoms with Crippen molar-refractivity contribution in [3.63, 3.8) is 0 Å². The van der Waals surface area contributed by atoms with Gasteiger partial charge in [0.15, 0.2) is 24.3 Å². The molecule has 0 aromatic rings. The molecule has 7 nitrogen and oxygen atoms in total. The van der Waals surface area contributed by atoms with Gasteiger partial charge in [0.25, 0.3) is 0 Å². The highest BCUT2D eigenvalue weighted by atomic mass is 16.8. The summed E-state index contributed by atoms with van der Waals surface area (Å²) < 4.78 is 21.9. The van der Waals surface area contributed by atoms with Gasteiger partial charge in [-0.2, -0.15) is 0 Å². The summed E-state index contributed by atoms with van der Waals surface area (Å²) in [5.74, 6) is -0.779. The monoisotopic (exact) mass is 261 g/mol. The summed E-state index contributed by atoms with van der Waals surface area (Å²) in [6.45, 7) is 3.26. The molecule has 0 spiro atoms. The van der Waals surface area contributed by atoms with Crippen molar-refractivity contribution in [2.75, 3.05) is 20.7 Å². The fourth-order valence-electron chi connectivity index (χ4n) is 2.06. The highest BCUT2D eigenvalue weighted by Gasteiger charge is 2.56. The molecule has 0 aromatic carbocycles. The second kappa shape index (κ2) is 4.65. The van der Waals surface area contributed by atoms with Crippen LogP contribution in [0.25, 0.3) is 0 Å². The van der Waals surface area contributed by atoms with Gasteiger partial charge in [-0.25, -0.2) is 4.79 Å². The van der Waals surface area contributed by atoms with Crippen LogP contribution in [0.4, 0.5) is 4.79 Å². The van der Waals surface area contributed by atoms with Gasteiger partial charge >= 0.3 is 6.09 Å². The summed E-state index contributed by atoms with van der Waals surface area (Å²) in [5.41, 5.74) is 0. The number of hydrogen-bond acceptors (Lipinski definition) is 6. The zero-order valence-electron chi connectivity index (χ0n) is 11.0. The van der Waals surface area contributed by atoms with E-state index in [0.717, 1.165) is 0 Å². The van der Waals surface area contributed by atoms with E-state index in [0.29, 0.717) is 0 Å². The molecule has 7 heteroatoms. The van der Waals surface area contributed by atoms with Crippen LogP contribution in [0, 0.1) is 0 Å². The highest BCUT2D eigenvalue weighted by Crippen LogP contribution is 2.38. The number of carbonyl (C=O) groups excluding carboxylic acids is 1. The normalized spacial score (nSPS) is 37.4. The van der Waals surface area contributed by atoms with Crippen molar-refractivity contribution in [1.29, 1.82) is 0 Å². The maximum atomic E-state index is 11.6. The van der Waals surface area contributed by atoms with Crippen LogP contribution in [0.3, 0.4) is 0 Å². The van der Waals surface area contributed by atoms with Crippen LogP contribution in [-0.4, -0.2) is 67.2 Å². The van der Waals surface area contributed by atoms with E-state index in [2.05, 4.69) is 0 Å². The van der Waals surface area contributed by atoms with Gasteiger partial charge in [0.2, 0.25) is 0 Å². The summed E-state index contributed by atoms with van der Waals surface area (Å²) in [5, 5.41) is 9.23. The summed E-state index contributed by atoms with van der Waals surface area (Å²) in [4.78, 5) is 12.9. The van der Waals surface area contributed by atoms with Gasteiger partial charge in [0, 0.05) is 14.1 Å². The second-order valence-electron chi connectivity index (χ2n) is 5.07. The largest absolute Gasteiger partial charge is 0.440 e. The maximum absolute atomic E-state index is 11.6. The zero-order chi connectivity index (χ0) is 13.5. The van der Waals surface area contributed by atoms with E-state index in [9.17, 15) is 9.90 Å². The van der Waals surface area contributed by atoms with E-state index < -0.39 is 36.5 Å². The minimum atomic E-state index is -0.779. The van der Waals surface area contributed by atoms with Crippen molar-refractivity contribution < 1.29 is 28.8 Å². The number of aliphatic hydroxyl groups excluding tert-OH is 1. The third-order valence-corrected chi connectivity index (χ3v) is 2.87. The van der Waals surface area contributed by atoms with Crippen LogP contribution in [-0.2, 0) is 18.9 Å². The molecular formula is C11H19NO6.